The molecule has 0 aliphatic heterocycles. The molecule has 0 bridgehead atoms. The molecule has 1 aromatic rings. The maximum atomic E-state index is 5.92. The lowest BCUT2D eigenvalue weighted by Gasteiger charge is -2.29. The van der Waals surface area contributed by atoms with E-state index in [9.17, 15) is 0 Å². The average Bonchev–Trinajstić information content (AvgIpc) is 2.25. The molecule has 18 heavy (non-hydrogen) atoms. The normalized spacial score (nSPS) is 11.4. The van der Waals surface area contributed by atoms with Crippen molar-refractivity contribution in [2.45, 2.75) is 33.3 Å². The zero-order chi connectivity index (χ0) is 13.8. The van der Waals surface area contributed by atoms with E-state index < -0.39 is 5.60 Å². The van der Waals surface area contributed by atoms with Gasteiger partial charge in [0.25, 0.3) is 0 Å². The summed E-state index contributed by atoms with van der Waals surface area (Å²) in [7, 11) is 0. The van der Waals surface area contributed by atoms with E-state index in [1.165, 1.54) is 0 Å². The molecule has 0 spiro atoms. The molecule has 0 fully saturated rings. The zero-order valence-electron chi connectivity index (χ0n) is 11.5. The summed E-state index contributed by atoms with van der Waals surface area (Å²) in [5.41, 5.74) is -0.546. The molecule has 0 saturated heterocycles. The number of hydrogen-bond acceptors (Lipinski definition) is 2. The minimum atomic E-state index is -0.546. The van der Waals surface area contributed by atoms with Gasteiger partial charge in [-0.05, 0) is 38.0 Å². The summed E-state index contributed by atoms with van der Waals surface area (Å²) in [6.07, 6.45) is 0. The number of hydrogen-bond donors (Lipinski definition) is 0. The van der Waals surface area contributed by atoms with Crippen molar-refractivity contribution >= 4 is 15.9 Å². The monoisotopic (exact) mass is 312 g/mol. The third kappa shape index (κ3) is 4.73. The number of benzene rings is 1. The van der Waals surface area contributed by atoms with Gasteiger partial charge in [0.2, 0.25) is 0 Å². The van der Waals surface area contributed by atoms with Gasteiger partial charge in [0.15, 0.2) is 5.60 Å². The van der Waals surface area contributed by atoms with E-state index in [0.717, 1.165) is 10.2 Å². The first kappa shape index (κ1) is 15.1. The fraction of sp³-hybridized carbons (Fsp3) is 0.467. The summed E-state index contributed by atoms with van der Waals surface area (Å²) in [6, 6.07) is 7.75. The molecule has 0 atom stereocenters. The van der Waals surface area contributed by atoms with Gasteiger partial charge in [-0.2, -0.15) is 0 Å². The summed E-state index contributed by atoms with van der Waals surface area (Å²) < 4.78 is 12.6. The Morgan fingerprint density at radius 3 is 2.61 bits per heavy atom. The Kier molecular flexibility index (Phi) is 5.27. The Bertz CT molecular complexity index is 411. The summed E-state index contributed by atoms with van der Waals surface area (Å²) in [5.74, 6) is 1.92. The van der Waals surface area contributed by atoms with Crippen LogP contribution in [0.5, 0.6) is 5.75 Å². The van der Waals surface area contributed by atoms with Crippen LogP contribution in [-0.2, 0) is 4.74 Å². The topological polar surface area (TPSA) is 18.5 Å². The molecular formula is C15H21BrO2. The second-order valence-electron chi connectivity index (χ2n) is 5.20. The predicted octanol–water partition coefficient (Wildman–Crippen LogP) is 4.79. The highest BCUT2D eigenvalue weighted by atomic mass is 79.9. The van der Waals surface area contributed by atoms with Gasteiger partial charge in [-0.15, -0.1) is 0 Å². The molecule has 1 aromatic carbocycles. The van der Waals surface area contributed by atoms with Gasteiger partial charge < -0.3 is 9.47 Å². The van der Waals surface area contributed by atoms with Gasteiger partial charge >= 0.3 is 0 Å². The third-order valence-electron chi connectivity index (χ3n) is 2.43. The highest BCUT2D eigenvalue weighted by molar-refractivity contribution is 9.10. The van der Waals surface area contributed by atoms with Crippen LogP contribution < -0.4 is 4.74 Å². The Morgan fingerprint density at radius 2 is 2.06 bits per heavy atom. The first-order valence-electron chi connectivity index (χ1n) is 6.08. The lowest BCUT2D eigenvalue weighted by molar-refractivity contribution is 0.0515. The van der Waals surface area contributed by atoms with Crippen molar-refractivity contribution in [1.29, 1.82) is 0 Å². The highest BCUT2D eigenvalue weighted by Gasteiger charge is 2.26. The van der Waals surface area contributed by atoms with Crippen LogP contribution in [0.15, 0.2) is 41.1 Å². The second kappa shape index (κ2) is 6.28. The molecule has 0 aliphatic carbocycles. The van der Waals surface area contributed by atoms with E-state index in [1.807, 2.05) is 38.1 Å². The first-order valence-corrected chi connectivity index (χ1v) is 6.87. The van der Waals surface area contributed by atoms with Gasteiger partial charge in [0.05, 0.1) is 6.61 Å². The Morgan fingerprint density at radius 1 is 1.39 bits per heavy atom. The lowest BCUT2D eigenvalue weighted by atomic mass is 10.1. The highest BCUT2D eigenvalue weighted by Crippen LogP contribution is 2.26. The van der Waals surface area contributed by atoms with Crippen LogP contribution in [0.1, 0.15) is 27.7 Å². The Labute approximate surface area is 118 Å². The van der Waals surface area contributed by atoms with Gasteiger partial charge in [-0.3, -0.25) is 0 Å². The summed E-state index contributed by atoms with van der Waals surface area (Å²) in [6.45, 7) is 12.7. The molecule has 0 radical (unpaired) electrons. The summed E-state index contributed by atoms with van der Waals surface area (Å²) >= 11 is 3.42. The van der Waals surface area contributed by atoms with E-state index in [4.69, 9.17) is 9.47 Å². The van der Waals surface area contributed by atoms with Crippen LogP contribution in [0.4, 0.5) is 0 Å². The summed E-state index contributed by atoms with van der Waals surface area (Å²) in [4.78, 5) is 0. The van der Waals surface area contributed by atoms with Crippen molar-refractivity contribution in [3.8, 4) is 5.75 Å². The van der Waals surface area contributed by atoms with E-state index in [0.29, 0.717) is 18.3 Å². The van der Waals surface area contributed by atoms with Crippen LogP contribution in [-0.4, -0.2) is 12.2 Å². The molecule has 1 rings (SSSR count). The van der Waals surface area contributed by atoms with Crippen molar-refractivity contribution in [3.05, 3.63) is 41.1 Å². The van der Waals surface area contributed by atoms with Gasteiger partial charge in [-0.1, -0.05) is 42.4 Å². The molecule has 2 nitrogen and oxygen atoms in total. The van der Waals surface area contributed by atoms with Crippen molar-refractivity contribution < 1.29 is 9.47 Å². The fourth-order valence-electron chi connectivity index (χ4n) is 1.32. The minimum absolute atomic E-state index is 0.475. The number of halogens is 1. The minimum Gasteiger partial charge on any atom is -0.494 e. The van der Waals surface area contributed by atoms with Gasteiger partial charge in [0.1, 0.15) is 11.5 Å². The van der Waals surface area contributed by atoms with E-state index in [-0.39, 0.29) is 0 Å². The largest absolute Gasteiger partial charge is 0.494 e. The summed E-state index contributed by atoms with van der Waals surface area (Å²) in [5, 5.41) is 0. The average molecular weight is 313 g/mol. The Balaban J connectivity index is 2.66. The standard InChI is InChI=1S/C15H21BrO2/c1-11(2)10-17-12(3)15(4,5)18-14-8-6-7-13(16)9-14/h6-9,11H,3,10H2,1-2,4-5H3. The van der Waals surface area contributed by atoms with E-state index in [1.54, 1.807) is 0 Å². The molecule has 0 saturated carbocycles. The molecular weight excluding hydrogens is 292 g/mol. The van der Waals surface area contributed by atoms with Crippen LogP contribution in [0.25, 0.3) is 0 Å². The molecule has 0 aliphatic rings. The SMILES string of the molecule is C=C(OCC(C)C)C(C)(C)Oc1cccc(Br)c1. The molecule has 0 aromatic heterocycles. The van der Waals surface area contributed by atoms with Gasteiger partial charge in [-0.25, -0.2) is 0 Å². The molecule has 3 heteroatoms. The van der Waals surface area contributed by atoms with Crippen molar-refractivity contribution in [2.24, 2.45) is 5.92 Å². The molecule has 0 amide bonds. The maximum Gasteiger partial charge on any atom is 0.159 e. The second-order valence-corrected chi connectivity index (χ2v) is 6.11. The van der Waals surface area contributed by atoms with Crippen LogP contribution >= 0.6 is 15.9 Å². The number of rotatable bonds is 6. The number of ether oxygens (including phenoxy) is 2. The van der Waals surface area contributed by atoms with Crippen molar-refractivity contribution in [1.82, 2.24) is 0 Å². The van der Waals surface area contributed by atoms with E-state index >= 15 is 0 Å². The van der Waals surface area contributed by atoms with Crippen LogP contribution in [0.3, 0.4) is 0 Å². The van der Waals surface area contributed by atoms with Gasteiger partial charge in [0, 0.05) is 4.47 Å². The first-order chi connectivity index (χ1) is 8.31. The van der Waals surface area contributed by atoms with Crippen LogP contribution in [0, 0.1) is 5.92 Å². The maximum absolute atomic E-state index is 5.92. The third-order valence-corrected chi connectivity index (χ3v) is 2.92. The smallest absolute Gasteiger partial charge is 0.159 e. The zero-order valence-corrected chi connectivity index (χ0v) is 13.1. The van der Waals surface area contributed by atoms with Crippen molar-refractivity contribution in [2.75, 3.05) is 6.61 Å². The Hall–Kier alpha value is -0.960. The molecule has 0 heterocycles. The molecule has 100 valence electrons. The lowest BCUT2D eigenvalue weighted by Crippen LogP contribution is -2.32. The molecule has 0 N–H and O–H groups in total. The fourth-order valence-corrected chi connectivity index (χ4v) is 1.70. The van der Waals surface area contributed by atoms with Crippen LogP contribution in [0.2, 0.25) is 0 Å². The quantitative estimate of drug-likeness (QED) is 0.703. The molecule has 0 unspecified atom stereocenters. The van der Waals surface area contributed by atoms with E-state index in [2.05, 4.69) is 36.4 Å². The van der Waals surface area contributed by atoms with Crippen molar-refractivity contribution in [3.63, 3.8) is 0 Å². The predicted molar refractivity (Wildman–Crippen MR) is 78.8 cm³/mol.